The minimum atomic E-state index is -0.257. The highest BCUT2D eigenvalue weighted by molar-refractivity contribution is 6.22. The first kappa shape index (κ1) is 48.6. The second-order valence-corrected chi connectivity index (χ2v) is 24.6. The SMILES string of the molecule is CCC(C)(C)c1ccc(N(c2ccc(-c3ccc4c(c3)C(C)(C)c3cc(C(C)(C)CC)ccc3-4)cc2)c2ccc3c(c2)C(C)(C)c2cc(-c4c5ccccc5c(-c5ccc6ccccc6c5)c5ccccc45)ccc2-3)cc1. The van der Waals surface area contributed by atoms with Gasteiger partial charge in [-0.2, -0.15) is 0 Å². The van der Waals surface area contributed by atoms with Gasteiger partial charge < -0.3 is 4.90 Å². The average molecular weight is 996 g/mol. The van der Waals surface area contributed by atoms with E-state index in [1.165, 1.54) is 121 Å². The molecule has 13 rings (SSSR count). The molecule has 0 N–H and O–H groups in total. The summed E-state index contributed by atoms with van der Waals surface area (Å²) in [7, 11) is 0. The topological polar surface area (TPSA) is 3.24 Å². The smallest absolute Gasteiger partial charge is 0.0465 e. The molecule has 0 radical (unpaired) electrons. The van der Waals surface area contributed by atoms with E-state index in [0.29, 0.717) is 0 Å². The van der Waals surface area contributed by atoms with Gasteiger partial charge in [-0.3, -0.25) is 0 Å². The number of rotatable bonds is 10. The normalized spacial score (nSPS) is 14.2. The van der Waals surface area contributed by atoms with E-state index in [0.717, 1.165) is 29.9 Å². The highest BCUT2D eigenvalue weighted by Crippen LogP contribution is 2.54. The van der Waals surface area contributed by atoms with Crippen molar-refractivity contribution in [3.8, 4) is 55.6 Å². The summed E-state index contributed by atoms with van der Waals surface area (Å²) in [5, 5.41) is 7.61. The Kier molecular flexibility index (Phi) is 11.2. The van der Waals surface area contributed by atoms with Crippen LogP contribution in [0, 0.1) is 0 Å². The molecule has 0 aromatic heterocycles. The van der Waals surface area contributed by atoms with Crippen LogP contribution in [-0.4, -0.2) is 0 Å². The molecular formula is C76H69N. The van der Waals surface area contributed by atoms with Gasteiger partial charge >= 0.3 is 0 Å². The summed E-state index contributed by atoms with van der Waals surface area (Å²) in [6.07, 6.45) is 2.19. The summed E-state index contributed by atoms with van der Waals surface area (Å²) in [6, 6.07) is 81.2. The van der Waals surface area contributed by atoms with Gasteiger partial charge in [0.1, 0.15) is 0 Å². The highest BCUT2D eigenvalue weighted by atomic mass is 15.1. The third kappa shape index (κ3) is 7.71. The molecule has 0 spiro atoms. The van der Waals surface area contributed by atoms with Crippen LogP contribution in [0.15, 0.2) is 212 Å². The van der Waals surface area contributed by atoms with Crippen LogP contribution in [0.1, 0.15) is 115 Å². The predicted octanol–water partition coefficient (Wildman–Crippen LogP) is 21.6. The van der Waals surface area contributed by atoms with Crippen LogP contribution in [0.3, 0.4) is 0 Å². The number of hydrogen-bond acceptors (Lipinski definition) is 1. The maximum Gasteiger partial charge on any atom is 0.0465 e. The predicted molar refractivity (Wildman–Crippen MR) is 332 cm³/mol. The lowest BCUT2D eigenvalue weighted by Crippen LogP contribution is -2.19. The molecular weight excluding hydrogens is 927 g/mol. The molecule has 11 aromatic carbocycles. The largest absolute Gasteiger partial charge is 0.310 e. The van der Waals surface area contributed by atoms with Gasteiger partial charge in [-0.15, -0.1) is 0 Å². The van der Waals surface area contributed by atoms with E-state index in [2.05, 4.69) is 286 Å². The number of nitrogens with zero attached hydrogens (tertiary/aromatic N) is 1. The molecule has 0 aliphatic heterocycles. The van der Waals surface area contributed by atoms with Gasteiger partial charge in [0.05, 0.1) is 0 Å². The third-order valence-electron chi connectivity index (χ3n) is 18.8. The molecule has 0 bridgehead atoms. The Morgan fingerprint density at radius 3 is 1.26 bits per heavy atom. The first-order chi connectivity index (χ1) is 37.1. The molecule has 2 aliphatic carbocycles. The van der Waals surface area contributed by atoms with Crippen molar-refractivity contribution in [2.24, 2.45) is 0 Å². The number of anilines is 3. The molecule has 0 amide bonds. The summed E-state index contributed by atoms with van der Waals surface area (Å²) in [4.78, 5) is 2.46. The second kappa shape index (κ2) is 17.8. The first-order valence-electron chi connectivity index (χ1n) is 28.1. The number of fused-ring (bicyclic) bond motifs is 9. The third-order valence-corrected chi connectivity index (χ3v) is 18.8. The zero-order chi connectivity index (χ0) is 53.2. The summed E-state index contributed by atoms with van der Waals surface area (Å²) >= 11 is 0. The molecule has 2 aliphatic rings. The minimum absolute atomic E-state index is 0.0885. The standard InChI is InChI=1S/C76H69N/c1-11-73(3,4)54-31-36-57(37-32-54)77(56-34-27-49(28-35-56)51-29-39-59-61-41-33-55(74(5,6)12-2)46-69(61)75(7,8)67(59)44-51)58-38-42-62-60-40-30-53(45-68(60)76(9,10)70(62)47-58)72-65-23-17-15-21-63(65)71(64-22-16-18-24-66(64)72)52-26-25-48-19-13-14-20-50(48)43-52/h13-47H,11-12H2,1-10H3. The first-order valence-corrected chi connectivity index (χ1v) is 28.1. The average Bonchev–Trinajstić information content (AvgIpc) is 3.83. The Labute approximate surface area is 456 Å². The monoisotopic (exact) mass is 996 g/mol. The summed E-state index contributed by atoms with van der Waals surface area (Å²) in [5.74, 6) is 0. The molecule has 0 atom stereocenters. The van der Waals surface area contributed by atoms with Gasteiger partial charge in [0, 0.05) is 27.9 Å². The molecule has 1 nitrogen and oxygen atoms in total. The zero-order valence-electron chi connectivity index (χ0n) is 46.6. The number of hydrogen-bond donors (Lipinski definition) is 0. The molecule has 0 saturated carbocycles. The maximum absolute atomic E-state index is 2.51. The summed E-state index contributed by atoms with van der Waals surface area (Å²) < 4.78 is 0. The van der Waals surface area contributed by atoms with Crippen molar-refractivity contribution in [3.05, 3.63) is 246 Å². The van der Waals surface area contributed by atoms with Crippen molar-refractivity contribution >= 4 is 49.4 Å². The minimum Gasteiger partial charge on any atom is -0.310 e. The molecule has 0 fully saturated rings. The zero-order valence-corrected chi connectivity index (χ0v) is 46.6. The van der Waals surface area contributed by atoms with Crippen LogP contribution in [0.25, 0.3) is 88.0 Å². The van der Waals surface area contributed by atoms with E-state index >= 15 is 0 Å². The van der Waals surface area contributed by atoms with Crippen LogP contribution >= 0.6 is 0 Å². The van der Waals surface area contributed by atoms with E-state index in [-0.39, 0.29) is 21.7 Å². The summed E-state index contributed by atoms with van der Waals surface area (Å²) in [5.41, 5.74) is 24.6. The molecule has 11 aromatic rings. The van der Waals surface area contributed by atoms with E-state index < -0.39 is 0 Å². The lowest BCUT2D eigenvalue weighted by atomic mass is 9.77. The maximum atomic E-state index is 2.51. The van der Waals surface area contributed by atoms with Crippen LogP contribution in [0.4, 0.5) is 17.1 Å². The van der Waals surface area contributed by atoms with Crippen molar-refractivity contribution in [1.29, 1.82) is 0 Å². The van der Waals surface area contributed by atoms with Crippen molar-refractivity contribution < 1.29 is 0 Å². The fourth-order valence-corrected chi connectivity index (χ4v) is 13.2. The molecule has 1 heteroatoms. The quantitative estimate of drug-likeness (QED) is 0.123. The fourth-order valence-electron chi connectivity index (χ4n) is 13.2. The van der Waals surface area contributed by atoms with E-state index in [1.807, 2.05) is 0 Å². The Balaban J connectivity index is 0.882. The summed E-state index contributed by atoms with van der Waals surface area (Å²) in [6.45, 7) is 23.7. The molecule has 378 valence electrons. The van der Waals surface area contributed by atoms with Gasteiger partial charge in [-0.1, -0.05) is 227 Å². The van der Waals surface area contributed by atoms with Gasteiger partial charge in [-0.05, 0) is 200 Å². The Morgan fingerprint density at radius 2 is 0.701 bits per heavy atom. The van der Waals surface area contributed by atoms with Crippen LogP contribution < -0.4 is 4.90 Å². The van der Waals surface area contributed by atoms with Gasteiger partial charge in [-0.25, -0.2) is 0 Å². The van der Waals surface area contributed by atoms with Gasteiger partial charge in [0.2, 0.25) is 0 Å². The Bertz CT molecular complexity index is 4100. The van der Waals surface area contributed by atoms with Crippen molar-refractivity contribution in [2.45, 2.75) is 104 Å². The fraction of sp³-hybridized carbons (Fsp3) is 0.211. The van der Waals surface area contributed by atoms with E-state index in [1.54, 1.807) is 0 Å². The molecule has 0 saturated heterocycles. The molecule has 0 heterocycles. The van der Waals surface area contributed by atoms with Gasteiger partial charge in [0.15, 0.2) is 0 Å². The lowest BCUT2D eigenvalue weighted by Gasteiger charge is -2.29. The van der Waals surface area contributed by atoms with Crippen molar-refractivity contribution in [2.75, 3.05) is 4.90 Å². The lowest BCUT2D eigenvalue weighted by molar-refractivity contribution is 0.504. The number of benzene rings is 11. The molecule has 0 unspecified atom stereocenters. The van der Waals surface area contributed by atoms with Crippen LogP contribution in [-0.2, 0) is 21.7 Å². The van der Waals surface area contributed by atoms with Crippen LogP contribution in [0.2, 0.25) is 0 Å². The Morgan fingerprint density at radius 1 is 0.325 bits per heavy atom. The van der Waals surface area contributed by atoms with Gasteiger partial charge in [0.25, 0.3) is 0 Å². The molecule has 77 heavy (non-hydrogen) atoms. The van der Waals surface area contributed by atoms with E-state index in [4.69, 9.17) is 0 Å². The van der Waals surface area contributed by atoms with Crippen LogP contribution in [0.5, 0.6) is 0 Å². The highest BCUT2D eigenvalue weighted by Gasteiger charge is 2.38. The van der Waals surface area contributed by atoms with E-state index in [9.17, 15) is 0 Å². The Hall–Kier alpha value is -8.00. The second-order valence-electron chi connectivity index (χ2n) is 24.6. The van der Waals surface area contributed by atoms with Crippen molar-refractivity contribution in [3.63, 3.8) is 0 Å². The van der Waals surface area contributed by atoms with Crippen molar-refractivity contribution in [1.82, 2.24) is 0 Å².